The van der Waals surface area contributed by atoms with E-state index in [0.29, 0.717) is 24.4 Å². The molecular weight excluding hydrogens is 354 g/mol. The number of likely N-dealkylation sites (tertiary alicyclic amines) is 1. The molecule has 0 radical (unpaired) electrons. The Morgan fingerprint density at radius 3 is 2.46 bits per heavy atom. The molecule has 2 amide bonds. The normalized spacial score (nSPS) is 21.2. The van der Waals surface area contributed by atoms with E-state index in [1.54, 1.807) is 6.92 Å². The van der Waals surface area contributed by atoms with Crippen LogP contribution in [0.3, 0.4) is 0 Å². The maximum atomic E-state index is 12.8. The number of aryl methyl sites for hydroxylation is 1. The fraction of sp³-hybridized carbons (Fsp3) is 0.545. The van der Waals surface area contributed by atoms with E-state index in [9.17, 15) is 9.59 Å². The van der Waals surface area contributed by atoms with Crippen LogP contribution in [-0.2, 0) is 16.0 Å². The Bertz CT molecular complexity index is 734. The summed E-state index contributed by atoms with van der Waals surface area (Å²) in [5.74, 6) is 0.349. The van der Waals surface area contributed by atoms with Gasteiger partial charge in [-0.15, -0.1) is 0 Å². The van der Waals surface area contributed by atoms with Crippen molar-refractivity contribution >= 4 is 12.0 Å². The van der Waals surface area contributed by atoms with E-state index < -0.39 is 6.04 Å². The van der Waals surface area contributed by atoms with Crippen LogP contribution in [0.25, 0.3) is 0 Å². The largest absolute Gasteiger partial charge is 0.463 e. The molecule has 0 aromatic heterocycles. The number of amides is 2. The van der Waals surface area contributed by atoms with Crippen LogP contribution in [-0.4, -0.2) is 43.1 Å². The number of esters is 1. The van der Waals surface area contributed by atoms with Crippen LogP contribution in [0.15, 0.2) is 35.5 Å². The van der Waals surface area contributed by atoms with Gasteiger partial charge in [-0.25, -0.2) is 9.59 Å². The van der Waals surface area contributed by atoms with Crippen LogP contribution in [0.5, 0.6) is 0 Å². The van der Waals surface area contributed by atoms with Crippen molar-refractivity contribution in [2.75, 3.05) is 26.2 Å². The zero-order chi connectivity index (χ0) is 20.1. The highest BCUT2D eigenvalue weighted by Crippen LogP contribution is 2.29. The smallest absolute Gasteiger partial charge is 0.338 e. The molecule has 3 rings (SSSR count). The molecule has 2 aliphatic heterocycles. The lowest BCUT2D eigenvalue weighted by Crippen LogP contribution is -2.49. The fourth-order valence-corrected chi connectivity index (χ4v) is 3.83. The van der Waals surface area contributed by atoms with Crippen molar-refractivity contribution < 1.29 is 14.3 Å². The highest BCUT2D eigenvalue weighted by Gasteiger charge is 2.34. The summed E-state index contributed by atoms with van der Waals surface area (Å²) in [5, 5.41) is 5.78. The van der Waals surface area contributed by atoms with Crippen LogP contribution in [0.1, 0.15) is 50.8 Å². The Labute approximate surface area is 167 Å². The van der Waals surface area contributed by atoms with Gasteiger partial charge in [0.25, 0.3) is 0 Å². The van der Waals surface area contributed by atoms with Crippen LogP contribution < -0.4 is 10.6 Å². The van der Waals surface area contributed by atoms with Crippen molar-refractivity contribution in [3.8, 4) is 0 Å². The standard InChI is InChI=1S/C22H31N3O3/c1-4-16-6-8-17(9-7-16)20-19(21(26)28-5-2)18(23-22(27)24-20)14-25-12-10-15(3)11-13-25/h6-9,15,20H,4-5,10-14H2,1-3H3,(H2,23,24,27). The monoisotopic (exact) mass is 385 g/mol. The molecule has 1 saturated heterocycles. The molecule has 1 atom stereocenters. The number of rotatable bonds is 6. The predicted octanol–water partition coefficient (Wildman–Crippen LogP) is 3.15. The van der Waals surface area contributed by atoms with Gasteiger partial charge in [0.2, 0.25) is 0 Å². The van der Waals surface area contributed by atoms with Gasteiger partial charge >= 0.3 is 12.0 Å². The third kappa shape index (κ3) is 4.73. The summed E-state index contributed by atoms with van der Waals surface area (Å²) in [7, 11) is 0. The number of carbonyl (C=O) groups is 2. The topological polar surface area (TPSA) is 70.7 Å². The molecule has 0 saturated carbocycles. The minimum absolute atomic E-state index is 0.280. The highest BCUT2D eigenvalue weighted by molar-refractivity contribution is 5.95. The Morgan fingerprint density at radius 1 is 1.18 bits per heavy atom. The van der Waals surface area contributed by atoms with E-state index in [0.717, 1.165) is 43.8 Å². The van der Waals surface area contributed by atoms with E-state index in [1.807, 2.05) is 24.3 Å². The highest BCUT2D eigenvalue weighted by atomic mass is 16.5. The van der Waals surface area contributed by atoms with Gasteiger partial charge in [0.15, 0.2) is 0 Å². The quantitative estimate of drug-likeness (QED) is 0.738. The van der Waals surface area contributed by atoms with Gasteiger partial charge in [-0.3, -0.25) is 4.90 Å². The molecule has 1 unspecified atom stereocenters. The molecule has 0 spiro atoms. The molecule has 2 aliphatic rings. The third-order valence-corrected chi connectivity index (χ3v) is 5.63. The molecule has 6 nitrogen and oxygen atoms in total. The minimum Gasteiger partial charge on any atom is -0.463 e. The molecule has 28 heavy (non-hydrogen) atoms. The summed E-state index contributed by atoms with van der Waals surface area (Å²) in [6, 6.07) is 7.26. The van der Waals surface area contributed by atoms with E-state index in [-0.39, 0.29) is 12.0 Å². The summed E-state index contributed by atoms with van der Waals surface area (Å²) < 4.78 is 5.34. The average molecular weight is 386 g/mol. The van der Waals surface area contributed by atoms with E-state index >= 15 is 0 Å². The molecule has 2 N–H and O–H groups in total. The van der Waals surface area contributed by atoms with Crippen LogP contribution in [0, 0.1) is 5.92 Å². The Morgan fingerprint density at radius 2 is 1.86 bits per heavy atom. The fourth-order valence-electron chi connectivity index (χ4n) is 3.83. The molecule has 2 heterocycles. The number of nitrogens with zero attached hydrogens (tertiary/aromatic N) is 1. The van der Waals surface area contributed by atoms with Crippen LogP contribution in [0.4, 0.5) is 4.79 Å². The van der Waals surface area contributed by atoms with Crippen molar-refractivity contribution in [2.24, 2.45) is 5.92 Å². The van der Waals surface area contributed by atoms with Crippen molar-refractivity contribution in [1.82, 2.24) is 15.5 Å². The van der Waals surface area contributed by atoms with E-state index in [1.165, 1.54) is 5.56 Å². The van der Waals surface area contributed by atoms with Crippen LogP contribution >= 0.6 is 0 Å². The Hall–Kier alpha value is -2.34. The van der Waals surface area contributed by atoms with Gasteiger partial charge in [-0.1, -0.05) is 38.1 Å². The molecule has 6 heteroatoms. The van der Waals surface area contributed by atoms with Gasteiger partial charge in [-0.2, -0.15) is 0 Å². The van der Waals surface area contributed by atoms with Crippen molar-refractivity contribution in [2.45, 2.75) is 46.1 Å². The van der Waals surface area contributed by atoms with Crippen molar-refractivity contribution in [1.29, 1.82) is 0 Å². The summed E-state index contributed by atoms with van der Waals surface area (Å²) in [6.07, 6.45) is 3.21. The van der Waals surface area contributed by atoms with Gasteiger partial charge in [0, 0.05) is 12.2 Å². The van der Waals surface area contributed by atoms with Gasteiger partial charge in [0.1, 0.15) is 0 Å². The van der Waals surface area contributed by atoms with Gasteiger partial charge < -0.3 is 15.4 Å². The minimum atomic E-state index is -0.502. The first-order valence-electron chi connectivity index (χ1n) is 10.3. The number of benzene rings is 1. The molecule has 1 aromatic rings. The molecule has 152 valence electrons. The first kappa shape index (κ1) is 20.4. The van der Waals surface area contributed by atoms with Gasteiger partial charge in [0.05, 0.1) is 18.2 Å². The number of piperidine rings is 1. The summed E-state index contributed by atoms with van der Waals surface area (Å²) in [6.45, 7) is 8.96. The number of hydrogen-bond donors (Lipinski definition) is 2. The average Bonchev–Trinajstić information content (AvgIpc) is 2.69. The number of urea groups is 1. The zero-order valence-corrected chi connectivity index (χ0v) is 17.1. The van der Waals surface area contributed by atoms with E-state index in [4.69, 9.17) is 4.74 Å². The third-order valence-electron chi connectivity index (χ3n) is 5.63. The molecule has 0 bridgehead atoms. The second kappa shape index (κ2) is 9.24. The summed E-state index contributed by atoms with van der Waals surface area (Å²) in [5.41, 5.74) is 3.26. The van der Waals surface area contributed by atoms with Gasteiger partial charge in [-0.05, 0) is 56.3 Å². The Balaban J connectivity index is 1.93. The molecule has 0 aliphatic carbocycles. The zero-order valence-electron chi connectivity index (χ0n) is 17.1. The summed E-state index contributed by atoms with van der Waals surface area (Å²) >= 11 is 0. The van der Waals surface area contributed by atoms with Crippen molar-refractivity contribution in [3.63, 3.8) is 0 Å². The second-order valence-electron chi connectivity index (χ2n) is 7.70. The molecule has 1 fully saturated rings. The SMILES string of the molecule is CCOC(=O)C1=C(CN2CCC(C)CC2)NC(=O)NC1c1ccc(CC)cc1. The molecular formula is C22H31N3O3. The lowest BCUT2D eigenvalue weighted by atomic mass is 9.93. The number of ether oxygens (including phenoxy) is 1. The first-order valence-corrected chi connectivity index (χ1v) is 10.3. The second-order valence-corrected chi connectivity index (χ2v) is 7.70. The first-order chi connectivity index (χ1) is 13.5. The summed E-state index contributed by atoms with van der Waals surface area (Å²) in [4.78, 5) is 27.5. The predicted molar refractivity (Wildman–Crippen MR) is 109 cm³/mol. The maximum Gasteiger partial charge on any atom is 0.338 e. The lowest BCUT2D eigenvalue weighted by molar-refractivity contribution is -0.139. The number of nitrogens with one attached hydrogen (secondary N) is 2. The lowest BCUT2D eigenvalue weighted by Gasteiger charge is -2.34. The maximum absolute atomic E-state index is 12.8. The van der Waals surface area contributed by atoms with E-state index in [2.05, 4.69) is 29.4 Å². The number of carbonyl (C=O) groups excluding carboxylic acids is 2. The van der Waals surface area contributed by atoms with Crippen LogP contribution in [0.2, 0.25) is 0 Å². The molecule has 1 aromatic carbocycles. The Kier molecular flexibility index (Phi) is 6.73. The van der Waals surface area contributed by atoms with Crippen molar-refractivity contribution in [3.05, 3.63) is 46.7 Å². The number of hydrogen-bond acceptors (Lipinski definition) is 4.